The third-order valence-corrected chi connectivity index (χ3v) is 5.99. The molecule has 0 radical (unpaired) electrons. The van der Waals surface area contributed by atoms with Crippen molar-refractivity contribution in [3.05, 3.63) is 59.9 Å². The van der Waals surface area contributed by atoms with Gasteiger partial charge in [0.1, 0.15) is 23.8 Å². The Bertz CT molecular complexity index is 899. The number of nitrogens with zero attached hydrogens (tertiary/aromatic N) is 2. The highest BCUT2D eigenvalue weighted by atomic mass is 19.1. The first-order valence-electron chi connectivity index (χ1n) is 12.3. The Morgan fingerprint density at radius 3 is 2.24 bits per heavy atom. The van der Waals surface area contributed by atoms with Crippen molar-refractivity contribution in [2.45, 2.75) is 72.1 Å². The number of likely N-dealkylation sites (tertiary alicyclic amines) is 1. The van der Waals surface area contributed by atoms with Gasteiger partial charge in [-0.3, -0.25) is 0 Å². The van der Waals surface area contributed by atoms with E-state index in [1.165, 1.54) is 17.8 Å². The summed E-state index contributed by atoms with van der Waals surface area (Å²) in [5.41, 5.74) is 1.63. The summed E-state index contributed by atoms with van der Waals surface area (Å²) in [5.74, 6) is 1.16. The van der Waals surface area contributed by atoms with Gasteiger partial charge in [0.15, 0.2) is 0 Å². The van der Waals surface area contributed by atoms with E-state index in [0.717, 1.165) is 37.1 Å². The zero-order chi connectivity index (χ0) is 24.7. The maximum atomic E-state index is 13.1. The number of hydrogen-bond acceptors (Lipinski definition) is 4. The van der Waals surface area contributed by atoms with Crippen molar-refractivity contribution in [1.82, 2.24) is 4.90 Å². The molecular weight excluding hydrogens is 431 g/mol. The molecule has 1 aliphatic rings. The lowest BCUT2D eigenvalue weighted by atomic mass is 10.0. The second kappa shape index (κ2) is 11.6. The molecule has 1 amide bonds. The van der Waals surface area contributed by atoms with Crippen LogP contribution in [-0.2, 0) is 11.3 Å². The molecule has 0 aromatic heterocycles. The predicted molar refractivity (Wildman–Crippen MR) is 135 cm³/mol. The van der Waals surface area contributed by atoms with E-state index in [2.05, 4.69) is 30.9 Å². The average Bonchev–Trinajstić information content (AvgIpc) is 2.79. The fourth-order valence-corrected chi connectivity index (χ4v) is 4.09. The first kappa shape index (κ1) is 25.9. The van der Waals surface area contributed by atoms with Gasteiger partial charge in [-0.2, -0.15) is 0 Å². The monoisotopic (exact) mass is 470 g/mol. The maximum absolute atomic E-state index is 13.1. The lowest BCUT2D eigenvalue weighted by Crippen LogP contribution is -2.48. The zero-order valence-corrected chi connectivity index (χ0v) is 21.2. The second-order valence-corrected chi connectivity index (χ2v) is 10.5. The van der Waals surface area contributed by atoms with Gasteiger partial charge in [0, 0.05) is 31.4 Å². The normalized spacial score (nSPS) is 14.9. The highest BCUT2D eigenvalue weighted by Gasteiger charge is 2.29. The van der Waals surface area contributed by atoms with Crippen LogP contribution in [0.25, 0.3) is 0 Å². The Labute approximate surface area is 203 Å². The maximum Gasteiger partial charge on any atom is 0.410 e. The molecule has 0 spiro atoms. The minimum Gasteiger partial charge on any atom is -0.489 e. The summed E-state index contributed by atoms with van der Waals surface area (Å²) < 4.78 is 24.5. The SMILES string of the molecule is CC(C)CCN(c1ccc(OCc2ccc(F)cc2)cc1)C1CCN(C(=O)OC(C)(C)C)CC1. The van der Waals surface area contributed by atoms with Gasteiger partial charge in [0.25, 0.3) is 0 Å². The van der Waals surface area contributed by atoms with Crippen LogP contribution in [-0.4, -0.2) is 42.3 Å². The number of halogens is 1. The van der Waals surface area contributed by atoms with Crippen molar-refractivity contribution in [1.29, 1.82) is 0 Å². The van der Waals surface area contributed by atoms with Crippen LogP contribution in [0.4, 0.5) is 14.9 Å². The number of anilines is 1. The highest BCUT2D eigenvalue weighted by Crippen LogP contribution is 2.28. The van der Waals surface area contributed by atoms with Crippen molar-refractivity contribution in [3.8, 4) is 5.75 Å². The van der Waals surface area contributed by atoms with Crippen LogP contribution in [0.3, 0.4) is 0 Å². The molecule has 1 saturated heterocycles. The molecule has 5 nitrogen and oxygen atoms in total. The van der Waals surface area contributed by atoms with Crippen molar-refractivity contribution in [2.24, 2.45) is 5.92 Å². The van der Waals surface area contributed by atoms with Gasteiger partial charge in [-0.15, -0.1) is 0 Å². The van der Waals surface area contributed by atoms with E-state index >= 15 is 0 Å². The van der Waals surface area contributed by atoms with E-state index in [1.807, 2.05) is 37.8 Å². The molecule has 2 aromatic rings. The number of carbonyl (C=O) groups is 1. The number of rotatable bonds is 8. The van der Waals surface area contributed by atoms with Crippen LogP contribution in [0.15, 0.2) is 48.5 Å². The molecule has 0 unspecified atom stereocenters. The minimum atomic E-state index is -0.474. The van der Waals surface area contributed by atoms with E-state index in [0.29, 0.717) is 31.7 Å². The van der Waals surface area contributed by atoms with Gasteiger partial charge >= 0.3 is 6.09 Å². The molecule has 2 aromatic carbocycles. The lowest BCUT2D eigenvalue weighted by Gasteiger charge is -2.40. The number of benzene rings is 2. The van der Waals surface area contributed by atoms with E-state index in [1.54, 1.807) is 12.1 Å². The Balaban J connectivity index is 1.61. The Hall–Kier alpha value is -2.76. The summed E-state index contributed by atoms with van der Waals surface area (Å²) in [5, 5.41) is 0. The second-order valence-electron chi connectivity index (χ2n) is 10.5. The Morgan fingerprint density at radius 2 is 1.68 bits per heavy atom. The number of carbonyl (C=O) groups excluding carboxylic acids is 1. The molecule has 186 valence electrons. The van der Waals surface area contributed by atoms with Crippen LogP contribution < -0.4 is 9.64 Å². The van der Waals surface area contributed by atoms with E-state index < -0.39 is 5.60 Å². The molecule has 0 aliphatic carbocycles. The van der Waals surface area contributed by atoms with Crippen LogP contribution in [0.2, 0.25) is 0 Å². The molecule has 34 heavy (non-hydrogen) atoms. The average molecular weight is 471 g/mol. The Morgan fingerprint density at radius 1 is 1.06 bits per heavy atom. The molecule has 3 rings (SSSR count). The molecule has 0 bridgehead atoms. The molecule has 0 atom stereocenters. The summed E-state index contributed by atoms with van der Waals surface area (Å²) in [7, 11) is 0. The molecule has 1 heterocycles. The standard InChI is InChI=1S/C28H39FN2O3/c1-21(2)14-19-31(25-15-17-30(18-16-25)27(32)34-28(3,4)5)24-10-12-26(13-11-24)33-20-22-6-8-23(29)9-7-22/h6-13,21,25H,14-20H2,1-5H3. The molecule has 6 heteroatoms. The van der Waals surface area contributed by atoms with Crippen molar-refractivity contribution in [3.63, 3.8) is 0 Å². The quantitative estimate of drug-likeness (QED) is 0.433. The number of ether oxygens (including phenoxy) is 2. The highest BCUT2D eigenvalue weighted by molar-refractivity contribution is 5.68. The van der Waals surface area contributed by atoms with Crippen LogP contribution in [0.1, 0.15) is 59.4 Å². The molecule has 1 aliphatic heterocycles. The fraction of sp³-hybridized carbons (Fsp3) is 0.536. The van der Waals surface area contributed by atoms with E-state index in [4.69, 9.17) is 9.47 Å². The van der Waals surface area contributed by atoms with E-state index in [9.17, 15) is 9.18 Å². The van der Waals surface area contributed by atoms with Gasteiger partial charge in [-0.25, -0.2) is 9.18 Å². The van der Waals surface area contributed by atoms with Crippen LogP contribution in [0.5, 0.6) is 5.75 Å². The summed E-state index contributed by atoms with van der Waals surface area (Å²) in [6.45, 7) is 13.0. The summed E-state index contributed by atoms with van der Waals surface area (Å²) >= 11 is 0. The van der Waals surface area contributed by atoms with Gasteiger partial charge in [-0.1, -0.05) is 26.0 Å². The smallest absolute Gasteiger partial charge is 0.410 e. The molecule has 1 fully saturated rings. The van der Waals surface area contributed by atoms with Crippen LogP contribution >= 0.6 is 0 Å². The first-order chi connectivity index (χ1) is 16.1. The lowest BCUT2D eigenvalue weighted by molar-refractivity contribution is 0.0204. The molecule has 0 saturated carbocycles. The fourth-order valence-electron chi connectivity index (χ4n) is 4.09. The third kappa shape index (κ3) is 7.93. The summed E-state index contributed by atoms with van der Waals surface area (Å²) in [6.07, 6.45) is 2.72. The predicted octanol–water partition coefficient (Wildman–Crippen LogP) is 6.66. The zero-order valence-electron chi connectivity index (χ0n) is 21.2. The van der Waals surface area contributed by atoms with Gasteiger partial charge in [0.05, 0.1) is 0 Å². The number of hydrogen-bond donors (Lipinski definition) is 0. The van der Waals surface area contributed by atoms with Crippen molar-refractivity contribution in [2.75, 3.05) is 24.5 Å². The van der Waals surface area contributed by atoms with Gasteiger partial charge in [-0.05, 0) is 87.9 Å². The van der Waals surface area contributed by atoms with Crippen molar-refractivity contribution < 1.29 is 18.7 Å². The largest absolute Gasteiger partial charge is 0.489 e. The topological polar surface area (TPSA) is 42.0 Å². The Kier molecular flexibility index (Phi) is 8.81. The van der Waals surface area contributed by atoms with E-state index in [-0.39, 0.29) is 11.9 Å². The molecular formula is C28H39FN2O3. The first-order valence-corrected chi connectivity index (χ1v) is 12.3. The van der Waals surface area contributed by atoms with Gasteiger partial charge < -0.3 is 19.3 Å². The van der Waals surface area contributed by atoms with Gasteiger partial charge in [0.2, 0.25) is 0 Å². The number of amides is 1. The summed E-state index contributed by atoms with van der Waals surface area (Å²) in [4.78, 5) is 16.8. The minimum absolute atomic E-state index is 0.220. The third-order valence-electron chi connectivity index (χ3n) is 5.99. The number of piperidine rings is 1. The van der Waals surface area contributed by atoms with Crippen molar-refractivity contribution >= 4 is 11.8 Å². The van der Waals surface area contributed by atoms with Crippen LogP contribution in [0, 0.1) is 11.7 Å². The summed E-state index contributed by atoms with van der Waals surface area (Å²) in [6, 6.07) is 15.0. The molecule has 0 N–H and O–H groups in total.